The van der Waals surface area contributed by atoms with Crippen molar-refractivity contribution in [3.05, 3.63) is 71.9 Å². The summed E-state index contributed by atoms with van der Waals surface area (Å²) in [5.41, 5.74) is 3.63. The van der Waals surface area contributed by atoms with Gasteiger partial charge in [-0.15, -0.1) is 0 Å². The van der Waals surface area contributed by atoms with Gasteiger partial charge >= 0.3 is 0 Å². The largest absolute Gasteiger partial charge is 0.392 e. The normalized spacial score (nSPS) is 17.4. The summed E-state index contributed by atoms with van der Waals surface area (Å²) in [5, 5.41) is 10.7. The number of aromatic nitrogens is 1. The maximum Gasteiger partial charge on any atom is 0.227 e. The molecule has 126 valence electrons. The van der Waals surface area contributed by atoms with Gasteiger partial charge in [-0.05, 0) is 42.2 Å². The Kier molecular flexibility index (Phi) is 4.20. The van der Waals surface area contributed by atoms with Gasteiger partial charge in [0.25, 0.3) is 0 Å². The highest BCUT2D eigenvalue weighted by atomic mass is 16.3. The van der Waals surface area contributed by atoms with E-state index in [0.29, 0.717) is 19.4 Å². The highest BCUT2D eigenvalue weighted by Crippen LogP contribution is 2.28. The van der Waals surface area contributed by atoms with Crippen molar-refractivity contribution in [1.82, 2.24) is 4.98 Å². The molecule has 0 spiro atoms. The number of fused-ring (bicyclic) bond motifs is 1. The van der Waals surface area contributed by atoms with Crippen molar-refractivity contribution in [2.45, 2.75) is 19.4 Å². The van der Waals surface area contributed by atoms with Crippen LogP contribution in [0.2, 0.25) is 0 Å². The van der Waals surface area contributed by atoms with Crippen LogP contribution in [0.3, 0.4) is 0 Å². The zero-order valence-electron chi connectivity index (χ0n) is 13.9. The number of hydrogen-bond acceptors (Lipinski definition) is 3. The number of hydrogen-bond donors (Lipinski definition) is 1. The average molecular weight is 332 g/mol. The van der Waals surface area contributed by atoms with E-state index in [9.17, 15) is 9.90 Å². The number of anilines is 1. The molecule has 1 fully saturated rings. The van der Waals surface area contributed by atoms with Crippen molar-refractivity contribution in [3.8, 4) is 0 Å². The molecule has 1 aromatic heterocycles. The minimum atomic E-state index is -0.0315. The molecule has 1 aliphatic rings. The van der Waals surface area contributed by atoms with E-state index in [1.807, 2.05) is 65.6 Å². The number of carbonyl (C=O) groups excluding carboxylic acids is 1. The SMILES string of the molecule is O=C1C[C@H](Cc2nc3ccccc3cc2CO)CN1c1ccccc1. The second-order valence-electron chi connectivity index (χ2n) is 6.56. The van der Waals surface area contributed by atoms with E-state index >= 15 is 0 Å². The molecule has 1 aliphatic heterocycles. The van der Waals surface area contributed by atoms with Gasteiger partial charge in [-0.3, -0.25) is 9.78 Å². The Morgan fingerprint density at radius 1 is 1.08 bits per heavy atom. The third-order valence-corrected chi connectivity index (χ3v) is 4.82. The molecule has 0 saturated carbocycles. The van der Waals surface area contributed by atoms with Crippen molar-refractivity contribution >= 4 is 22.5 Å². The lowest BCUT2D eigenvalue weighted by atomic mass is 9.98. The zero-order chi connectivity index (χ0) is 17.2. The molecule has 1 atom stereocenters. The molecule has 3 aromatic rings. The van der Waals surface area contributed by atoms with Gasteiger partial charge in [-0.1, -0.05) is 36.4 Å². The number of benzene rings is 2. The van der Waals surface area contributed by atoms with Gasteiger partial charge in [-0.25, -0.2) is 0 Å². The number of carbonyl (C=O) groups is 1. The van der Waals surface area contributed by atoms with Crippen LogP contribution >= 0.6 is 0 Å². The fourth-order valence-corrected chi connectivity index (χ4v) is 3.56. The molecule has 2 heterocycles. The van der Waals surface area contributed by atoms with Crippen LogP contribution in [-0.4, -0.2) is 22.5 Å². The molecule has 1 saturated heterocycles. The summed E-state index contributed by atoms with van der Waals surface area (Å²) in [6.45, 7) is 0.665. The number of aliphatic hydroxyl groups excluding tert-OH is 1. The van der Waals surface area contributed by atoms with Gasteiger partial charge in [0.1, 0.15) is 0 Å². The number of rotatable bonds is 4. The van der Waals surface area contributed by atoms with Gasteiger partial charge in [-0.2, -0.15) is 0 Å². The van der Waals surface area contributed by atoms with E-state index < -0.39 is 0 Å². The highest BCUT2D eigenvalue weighted by Gasteiger charge is 2.31. The molecule has 1 N–H and O–H groups in total. The van der Waals surface area contributed by atoms with Gasteiger partial charge in [0.05, 0.1) is 12.1 Å². The molecule has 25 heavy (non-hydrogen) atoms. The summed E-state index contributed by atoms with van der Waals surface area (Å²) in [7, 11) is 0. The van der Waals surface area contributed by atoms with Gasteiger partial charge in [0, 0.05) is 29.7 Å². The lowest BCUT2D eigenvalue weighted by Crippen LogP contribution is -2.24. The van der Waals surface area contributed by atoms with Crippen LogP contribution < -0.4 is 4.90 Å². The molecule has 0 radical (unpaired) electrons. The molecular formula is C21H20N2O2. The fourth-order valence-electron chi connectivity index (χ4n) is 3.56. The summed E-state index contributed by atoms with van der Waals surface area (Å²) < 4.78 is 0. The molecule has 0 unspecified atom stereocenters. The van der Waals surface area contributed by atoms with Crippen LogP contribution in [0.4, 0.5) is 5.69 Å². The summed E-state index contributed by atoms with van der Waals surface area (Å²) in [5.74, 6) is 0.370. The first kappa shape index (κ1) is 15.8. The lowest BCUT2D eigenvalue weighted by molar-refractivity contribution is -0.117. The van der Waals surface area contributed by atoms with Crippen LogP contribution in [-0.2, 0) is 17.8 Å². The molecule has 0 bridgehead atoms. The minimum Gasteiger partial charge on any atom is -0.392 e. The van der Waals surface area contributed by atoms with E-state index in [0.717, 1.165) is 27.8 Å². The molecule has 0 aliphatic carbocycles. The quantitative estimate of drug-likeness (QED) is 0.797. The van der Waals surface area contributed by atoms with Crippen LogP contribution in [0.25, 0.3) is 10.9 Å². The standard InChI is InChI=1S/C21H20N2O2/c24-14-17-12-16-6-4-5-9-19(16)22-20(17)10-15-11-21(25)23(13-15)18-7-2-1-3-8-18/h1-9,12,15,24H,10-11,13-14H2/t15-/m0/s1. The molecule has 2 aromatic carbocycles. The third-order valence-electron chi connectivity index (χ3n) is 4.82. The molecule has 4 heteroatoms. The van der Waals surface area contributed by atoms with Crippen molar-refractivity contribution in [2.75, 3.05) is 11.4 Å². The predicted octanol–water partition coefficient (Wildman–Crippen LogP) is 3.32. The van der Waals surface area contributed by atoms with Crippen LogP contribution in [0.1, 0.15) is 17.7 Å². The zero-order valence-corrected chi connectivity index (χ0v) is 13.9. The summed E-state index contributed by atoms with van der Waals surface area (Å²) >= 11 is 0. The number of pyridine rings is 1. The van der Waals surface area contributed by atoms with Crippen LogP contribution in [0.15, 0.2) is 60.7 Å². The molecular weight excluding hydrogens is 312 g/mol. The fraction of sp³-hybridized carbons (Fsp3) is 0.238. The highest BCUT2D eigenvalue weighted by molar-refractivity contribution is 5.95. The number of aliphatic hydroxyl groups is 1. The van der Waals surface area contributed by atoms with Gasteiger partial charge < -0.3 is 10.0 Å². The van der Waals surface area contributed by atoms with Crippen LogP contribution in [0, 0.1) is 5.92 Å². The second-order valence-corrected chi connectivity index (χ2v) is 6.56. The van der Waals surface area contributed by atoms with E-state index in [2.05, 4.69) is 0 Å². The lowest BCUT2D eigenvalue weighted by Gasteiger charge is -2.17. The number of para-hydroxylation sites is 2. The molecule has 4 rings (SSSR count). The Hall–Kier alpha value is -2.72. The van der Waals surface area contributed by atoms with E-state index in [4.69, 9.17) is 4.98 Å². The number of amides is 1. The predicted molar refractivity (Wildman–Crippen MR) is 98.3 cm³/mol. The topological polar surface area (TPSA) is 53.4 Å². The monoisotopic (exact) mass is 332 g/mol. The Morgan fingerprint density at radius 2 is 1.84 bits per heavy atom. The first-order chi connectivity index (χ1) is 12.2. The maximum absolute atomic E-state index is 12.4. The van der Waals surface area contributed by atoms with Crippen molar-refractivity contribution in [2.24, 2.45) is 5.92 Å². The third kappa shape index (κ3) is 3.13. The van der Waals surface area contributed by atoms with Crippen molar-refractivity contribution < 1.29 is 9.90 Å². The van der Waals surface area contributed by atoms with E-state index in [1.165, 1.54) is 0 Å². The maximum atomic E-state index is 12.4. The smallest absolute Gasteiger partial charge is 0.227 e. The number of nitrogens with zero attached hydrogens (tertiary/aromatic N) is 2. The Balaban J connectivity index is 1.58. The van der Waals surface area contributed by atoms with Crippen molar-refractivity contribution in [1.29, 1.82) is 0 Å². The summed E-state index contributed by atoms with van der Waals surface area (Å²) in [4.78, 5) is 19.0. The Morgan fingerprint density at radius 3 is 2.64 bits per heavy atom. The first-order valence-corrected chi connectivity index (χ1v) is 8.58. The average Bonchev–Trinajstić information content (AvgIpc) is 3.02. The van der Waals surface area contributed by atoms with Gasteiger partial charge in [0.15, 0.2) is 0 Å². The summed E-state index contributed by atoms with van der Waals surface area (Å²) in [6.07, 6.45) is 1.23. The second kappa shape index (κ2) is 6.65. The van der Waals surface area contributed by atoms with E-state index in [-0.39, 0.29) is 18.4 Å². The molecule has 1 amide bonds. The van der Waals surface area contributed by atoms with Crippen LogP contribution in [0.5, 0.6) is 0 Å². The van der Waals surface area contributed by atoms with Crippen molar-refractivity contribution in [3.63, 3.8) is 0 Å². The summed E-state index contributed by atoms with van der Waals surface area (Å²) in [6, 6.07) is 19.7. The van der Waals surface area contributed by atoms with E-state index in [1.54, 1.807) is 0 Å². The van der Waals surface area contributed by atoms with Gasteiger partial charge in [0.2, 0.25) is 5.91 Å². The Bertz CT molecular complexity index is 908. The Labute approximate surface area is 146 Å². The first-order valence-electron chi connectivity index (χ1n) is 8.58. The minimum absolute atomic E-state index is 0.0315. The molecule has 4 nitrogen and oxygen atoms in total.